The topological polar surface area (TPSA) is 43.8 Å². The number of rotatable bonds is 5. The number of aromatic nitrogens is 2. The van der Waals surface area contributed by atoms with E-state index < -0.39 is 0 Å². The maximum atomic E-state index is 6.38. The van der Waals surface area contributed by atoms with E-state index in [0.717, 1.165) is 35.1 Å². The minimum absolute atomic E-state index is 0.0170. The van der Waals surface area contributed by atoms with E-state index >= 15 is 0 Å². The molecule has 1 aromatic heterocycles. The van der Waals surface area contributed by atoms with E-state index in [1.54, 1.807) is 0 Å². The summed E-state index contributed by atoms with van der Waals surface area (Å²) in [6.07, 6.45) is 1.77. The zero-order valence-corrected chi connectivity index (χ0v) is 13.9. The Kier molecular flexibility index (Phi) is 5.00. The maximum Gasteiger partial charge on any atom is 0.0624 e. The van der Waals surface area contributed by atoms with Gasteiger partial charge in [0.2, 0.25) is 0 Å². The Labute approximate surface area is 129 Å². The molecule has 0 aliphatic carbocycles. The molecule has 1 heterocycles. The van der Waals surface area contributed by atoms with E-state index in [-0.39, 0.29) is 6.04 Å². The van der Waals surface area contributed by atoms with E-state index in [4.69, 9.17) is 5.73 Å². The van der Waals surface area contributed by atoms with Crippen LogP contribution in [0.5, 0.6) is 0 Å². The fourth-order valence-electron chi connectivity index (χ4n) is 2.39. The molecular formula is C16H22BrN3. The number of benzene rings is 1. The molecule has 0 spiro atoms. The summed E-state index contributed by atoms with van der Waals surface area (Å²) in [6.45, 7) is 7.21. The lowest BCUT2D eigenvalue weighted by Crippen LogP contribution is -2.16. The molecule has 0 amide bonds. The van der Waals surface area contributed by atoms with Gasteiger partial charge in [0.1, 0.15) is 0 Å². The summed E-state index contributed by atoms with van der Waals surface area (Å²) in [5.74, 6) is 0. The summed E-state index contributed by atoms with van der Waals surface area (Å²) in [6, 6.07) is 8.48. The minimum Gasteiger partial charge on any atom is -0.324 e. The Hall–Kier alpha value is -1.13. The van der Waals surface area contributed by atoms with Crippen molar-refractivity contribution in [3.05, 3.63) is 51.3 Å². The SMILES string of the molecule is CCc1cc(CC(N)c2ccc(C)cc2Br)n(CC)n1. The Bertz CT molecular complexity index is 589. The van der Waals surface area contributed by atoms with Gasteiger partial charge in [0.05, 0.1) is 5.69 Å². The molecule has 0 radical (unpaired) electrons. The number of nitrogens with two attached hydrogens (primary N) is 1. The van der Waals surface area contributed by atoms with Crippen LogP contribution in [0.1, 0.15) is 42.4 Å². The van der Waals surface area contributed by atoms with Crippen LogP contribution < -0.4 is 5.73 Å². The molecule has 1 unspecified atom stereocenters. The van der Waals surface area contributed by atoms with E-state index in [2.05, 4.69) is 70.7 Å². The van der Waals surface area contributed by atoms with Gasteiger partial charge in [0, 0.05) is 29.2 Å². The molecule has 2 aromatic rings. The third kappa shape index (κ3) is 3.30. The van der Waals surface area contributed by atoms with Crippen molar-refractivity contribution in [3.63, 3.8) is 0 Å². The zero-order valence-electron chi connectivity index (χ0n) is 12.4. The summed E-state index contributed by atoms with van der Waals surface area (Å²) in [5, 5.41) is 4.58. The number of nitrogens with zero attached hydrogens (tertiary/aromatic N) is 2. The van der Waals surface area contributed by atoms with Crippen LogP contribution in [0.15, 0.2) is 28.7 Å². The van der Waals surface area contributed by atoms with Gasteiger partial charge < -0.3 is 5.73 Å². The predicted octanol–water partition coefficient (Wildman–Crippen LogP) is 3.78. The van der Waals surface area contributed by atoms with Crippen LogP contribution >= 0.6 is 15.9 Å². The summed E-state index contributed by atoms with van der Waals surface area (Å²) in [5.41, 5.74) is 11.1. The first-order valence-electron chi connectivity index (χ1n) is 7.12. The molecule has 0 fully saturated rings. The first-order chi connectivity index (χ1) is 9.55. The Morgan fingerprint density at radius 3 is 2.65 bits per heavy atom. The number of hydrogen-bond donors (Lipinski definition) is 1. The minimum atomic E-state index is -0.0170. The van der Waals surface area contributed by atoms with Crippen LogP contribution in [0.3, 0.4) is 0 Å². The molecule has 3 nitrogen and oxygen atoms in total. The maximum absolute atomic E-state index is 6.38. The highest BCUT2D eigenvalue weighted by Crippen LogP contribution is 2.26. The van der Waals surface area contributed by atoms with E-state index in [1.165, 1.54) is 11.3 Å². The van der Waals surface area contributed by atoms with Crippen LogP contribution in [0.4, 0.5) is 0 Å². The van der Waals surface area contributed by atoms with E-state index in [0.29, 0.717) is 0 Å². The van der Waals surface area contributed by atoms with E-state index in [1.807, 2.05) is 0 Å². The predicted molar refractivity (Wildman–Crippen MR) is 86.8 cm³/mol. The molecule has 0 bridgehead atoms. The molecular weight excluding hydrogens is 314 g/mol. The van der Waals surface area contributed by atoms with Gasteiger partial charge in [0.15, 0.2) is 0 Å². The molecule has 0 aliphatic heterocycles. The first-order valence-corrected chi connectivity index (χ1v) is 7.91. The fourth-order valence-corrected chi connectivity index (χ4v) is 3.18. The van der Waals surface area contributed by atoms with Gasteiger partial charge in [0.25, 0.3) is 0 Å². The molecule has 2 rings (SSSR count). The molecule has 108 valence electrons. The second-order valence-electron chi connectivity index (χ2n) is 5.13. The Balaban J connectivity index is 2.22. The van der Waals surface area contributed by atoms with Crippen molar-refractivity contribution in [3.8, 4) is 0 Å². The smallest absolute Gasteiger partial charge is 0.0624 e. The highest BCUT2D eigenvalue weighted by atomic mass is 79.9. The summed E-state index contributed by atoms with van der Waals surface area (Å²) in [4.78, 5) is 0. The lowest BCUT2D eigenvalue weighted by atomic mass is 10.0. The molecule has 0 aliphatic rings. The van der Waals surface area contributed by atoms with Gasteiger partial charge in [-0.05, 0) is 43.5 Å². The van der Waals surface area contributed by atoms with Crippen LogP contribution in [0.25, 0.3) is 0 Å². The molecule has 1 atom stereocenters. The second-order valence-corrected chi connectivity index (χ2v) is 5.99. The van der Waals surface area contributed by atoms with Crippen molar-refractivity contribution in [2.45, 2.75) is 46.2 Å². The summed E-state index contributed by atoms with van der Waals surface area (Å²) in [7, 11) is 0. The highest BCUT2D eigenvalue weighted by molar-refractivity contribution is 9.10. The van der Waals surface area contributed by atoms with Crippen LogP contribution in [0, 0.1) is 6.92 Å². The van der Waals surface area contributed by atoms with Gasteiger partial charge >= 0.3 is 0 Å². The lowest BCUT2D eigenvalue weighted by molar-refractivity contribution is 0.585. The molecule has 4 heteroatoms. The van der Waals surface area contributed by atoms with Crippen molar-refractivity contribution in [2.24, 2.45) is 5.73 Å². The normalized spacial score (nSPS) is 12.7. The summed E-state index contributed by atoms with van der Waals surface area (Å²) >= 11 is 3.61. The Morgan fingerprint density at radius 2 is 2.05 bits per heavy atom. The van der Waals surface area contributed by atoms with Gasteiger partial charge in [-0.3, -0.25) is 4.68 Å². The van der Waals surface area contributed by atoms with Crippen LogP contribution in [-0.4, -0.2) is 9.78 Å². The monoisotopic (exact) mass is 335 g/mol. The Morgan fingerprint density at radius 1 is 1.30 bits per heavy atom. The largest absolute Gasteiger partial charge is 0.324 e. The third-order valence-corrected chi connectivity index (χ3v) is 4.25. The lowest BCUT2D eigenvalue weighted by Gasteiger charge is -2.15. The molecule has 2 N–H and O–H groups in total. The molecule has 0 saturated heterocycles. The molecule has 20 heavy (non-hydrogen) atoms. The third-order valence-electron chi connectivity index (χ3n) is 3.56. The molecule has 1 aromatic carbocycles. The van der Waals surface area contributed by atoms with Crippen LogP contribution in [0.2, 0.25) is 0 Å². The number of aryl methyl sites for hydroxylation is 3. The highest BCUT2D eigenvalue weighted by Gasteiger charge is 2.14. The van der Waals surface area contributed by atoms with Crippen molar-refractivity contribution in [1.29, 1.82) is 0 Å². The average Bonchev–Trinajstić information content (AvgIpc) is 2.80. The molecule has 0 saturated carbocycles. The van der Waals surface area contributed by atoms with E-state index in [9.17, 15) is 0 Å². The zero-order chi connectivity index (χ0) is 14.7. The van der Waals surface area contributed by atoms with Gasteiger partial charge in [-0.25, -0.2) is 0 Å². The second kappa shape index (κ2) is 6.55. The fraction of sp³-hybridized carbons (Fsp3) is 0.438. The standard InChI is InChI=1S/C16H22BrN3/c1-4-12-9-13(20(5-2)19-12)10-16(18)14-7-6-11(3)8-15(14)17/h6-9,16H,4-5,10,18H2,1-3H3. The number of hydrogen-bond acceptors (Lipinski definition) is 2. The van der Waals surface area contributed by atoms with Crippen molar-refractivity contribution in [2.75, 3.05) is 0 Å². The van der Waals surface area contributed by atoms with Crippen molar-refractivity contribution < 1.29 is 0 Å². The van der Waals surface area contributed by atoms with Gasteiger partial charge in [-0.15, -0.1) is 0 Å². The summed E-state index contributed by atoms with van der Waals surface area (Å²) < 4.78 is 3.14. The van der Waals surface area contributed by atoms with Crippen molar-refractivity contribution >= 4 is 15.9 Å². The van der Waals surface area contributed by atoms with Gasteiger partial charge in [-0.1, -0.05) is 35.0 Å². The average molecular weight is 336 g/mol. The van der Waals surface area contributed by atoms with Crippen molar-refractivity contribution in [1.82, 2.24) is 9.78 Å². The quantitative estimate of drug-likeness (QED) is 0.903. The van der Waals surface area contributed by atoms with Gasteiger partial charge in [-0.2, -0.15) is 5.10 Å². The number of halogens is 1. The van der Waals surface area contributed by atoms with Crippen LogP contribution in [-0.2, 0) is 19.4 Å². The first kappa shape index (κ1) is 15.3.